The molecule has 1 fully saturated rings. The normalized spacial score (nSPS) is 19.9. The average Bonchev–Trinajstić information content (AvgIpc) is 2.63. The van der Waals surface area contributed by atoms with E-state index in [1.807, 2.05) is 12.1 Å². The molecule has 4 N–H and O–H groups in total. The second-order valence-electron chi connectivity index (χ2n) is 6.74. The lowest BCUT2D eigenvalue weighted by Crippen LogP contribution is -2.20. The van der Waals surface area contributed by atoms with E-state index in [0.29, 0.717) is 29.1 Å². The van der Waals surface area contributed by atoms with Gasteiger partial charge in [0.1, 0.15) is 11.5 Å². The van der Waals surface area contributed by atoms with Crippen molar-refractivity contribution >= 4 is 11.4 Å². The summed E-state index contributed by atoms with van der Waals surface area (Å²) >= 11 is 0. The van der Waals surface area contributed by atoms with Crippen LogP contribution in [-0.4, -0.2) is 19.5 Å². The van der Waals surface area contributed by atoms with Gasteiger partial charge in [0, 0.05) is 30.1 Å². The van der Waals surface area contributed by atoms with Crippen molar-refractivity contribution in [3.8, 4) is 11.5 Å². The Morgan fingerprint density at radius 2 is 1.46 bits per heavy atom. The molecular weight excluding hydrogens is 328 g/mol. The summed E-state index contributed by atoms with van der Waals surface area (Å²) in [5.41, 5.74) is 14.0. The van der Waals surface area contributed by atoms with Gasteiger partial charge in [-0.25, -0.2) is 0 Å². The Hall–Kier alpha value is -2.40. The Labute approximate surface area is 155 Å². The lowest BCUT2D eigenvalue weighted by molar-refractivity contribution is 0.0328. The Bertz CT molecular complexity index is 675. The quantitative estimate of drug-likeness (QED) is 0.570. The van der Waals surface area contributed by atoms with E-state index in [0.717, 1.165) is 25.2 Å². The van der Waals surface area contributed by atoms with E-state index in [9.17, 15) is 0 Å². The van der Waals surface area contributed by atoms with E-state index in [1.165, 1.54) is 18.4 Å². The van der Waals surface area contributed by atoms with Gasteiger partial charge in [-0.05, 0) is 62.3 Å². The molecule has 0 atom stereocenters. The average molecular weight is 356 g/mol. The first kappa shape index (κ1) is 18.4. The number of ether oxygens (including phenoxy) is 3. The minimum absolute atomic E-state index is 0.113. The fourth-order valence-corrected chi connectivity index (χ4v) is 3.53. The molecule has 0 unspecified atom stereocenters. The van der Waals surface area contributed by atoms with Crippen molar-refractivity contribution in [2.24, 2.45) is 0 Å². The van der Waals surface area contributed by atoms with Crippen LogP contribution in [0.15, 0.2) is 42.5 Å². The van der Waals surface area contributed by atoms with Gasteiger partial charge in [0.2, 0.25) is 6.79 Å². The van der Waals surface area contributed by atoms with E-state index in [2.05, 4.69) is 19.1 Å². The summed E-state index contributed by atoms with van der Waals surface area (Å²) < 4.78 is 16.9. The Kier molecular flexibility index (Phi) is 6.23. The maximum absolute atomic E-state index is 5.75. The maximum Gasteiger partial charge on any atom is 0.230 e. The maximum atomic E-state index is 5.75. The number of benzene rings is 2. The van der Waals surface area contributed by atoms with Crippen molar-refractivity contribution in [3.05, 3.63) is 48.0 Å². The molecule has 3 rings (SSSR count). The van der Waals surface area contributed by atoms with Crippen LogP contribution in [0.5, 0.6) is 11.5 Å². The molecule has 0 aromatic heterocycles. The van der Waals surface area contributed by atoms with E-state index in [1.54, 1.807) is 18.2 Å². The van der Waals surface area contributed by atoms with Gasteiger partial charge >= 0.3 is 0 Å². The molecule has 5 heteroatoms. The molecular formula is C21H28N2O3. The summed E-state index contributed by atoms with van der Waals surface area (Å²) in [5.74, 6) is 2.01. The van der Waals surface area contributed by atoms with Crippen molar-refractivity contribution in [1.82, 2.24) is 0 Å². The van der Waals surface area contributed by atoms with Crippen LogP contribution < -0.4 is 20.9 Å². The van der Waals surface area contributed by atoms with E-state index in [4.69, 9.17) is 25.7 Å². The molecule has 0 amide bonds. The van der Waals surface area contributed by atoms with Crippen LogP contribution in [0.2, 0.25) is 0 Å². The SMILES string of the molecule is CCOC1CCC(c2ccc(OCOc3cc(N)cc(N)c3)cc2)CC1. The van der Waals surface area contributed by atoms with Crippen LogP contribution in [0.1, 0.15) is 44.1 Å². The standard InChI is InChI=1S/C21H28N2O3/c1-2-24-19-7-3-15(4-8-19)16-5-9-20(10-6-16)25-14-26-21-12-17(22)11-18(23)13-21/h5-6,9-13,15,19H,2-4,7-8,14,22-23H2,1H3. The van der Waals surface area contributed by atoms with E-state index in [-0.39, 0.29) is 6.79 Å². The van der Waals surface area contributed by atoms with Gasteiger partial charge in [0.25, 0.3) is 0 Å². The lowest BCUT2D eigenvalue weighted by Gasteiger charge is -2.28. The van der Waals surface area contributed by atoms with Crippen molar-refractivity contribution < 1.29 is 14.2 Å². The highest BCUT2D eigenvalue weighted by Crippen LogP contribution is 2.34. The monoisotopic (exact) mass is 356 g/mol. The fourth-order valence-electron chi connectivity index (χ4n) is 3.53. The molecule has 1 aliphatic rings. The zero-order valence-electron chi connectivity index (χ0n) is 15.3. The highest BCUT2D eigenvalue weighted by Gasteiger charge is 2.22. The predicted molar refractivity (Wildman–Crippen MR) is 104 cm³/mol. The third kappa shape index (κ3) is 5.05. The van der Waals surface area contributed by atoms with Gasteiger partial charge in [-0.1, -0.05) is 12.1 Å². The molecule has 1 saturated carbocycles. The summed E-state index contributed by atoms with van der Waals surface area (Å²) in [4.78, 5) is 0. The molecule has 0 aliphatic heterocycles. The van der Waals surface area contributed by atoms with E-state index < -0.39 is 0 Å². The Morgan fingerprint density at radius 3 is 2.08 bits per heavy atom. The topological polar surface area (TPSA) is 79.7 Å². The molecule has 1 aliphatic carbocycles. The first-order valence-electron chi connectivity index (χ1n) is 9.27. The molecule has 0 radical (unpaired) electrons. The number of rotatable bonds is 7. The first-order valence-corrected chi connectivity index (χ1v) is 9.27. The summed E-state index contributed by atoms with van der Waals surface area (Å²) in [6, 6.07) is 13.4. The zero-order valence-corrected chi connectivity index (χ0v) is 15.3. The molecule has 5 nitrogen and oxygen atoms in total. The van der Waals surface area contributed by atoms with E-state index >= 15 is 0 Å². The van der Waals surface area contributed by atoms with Crippen molar-refractivity contribution in [2.75, 3.05) is 24.9 Å². The van der Waals surface area contributed by atoms with Crippen LogP contribution in [0.3, 0.4) is 0 Å². The number of nitrogens with two attached hydrogens (primary N) is 2. The molecule has 2 aromatic rings. The van der Waals surface area contributed by atoms with Crippen LogP contribution >= 0.6 is 0 Å². The number of hydrogen-bond donors (Lipinski definition) is 2. The van der Waals surface area contributed by atoms with Gasteiger partial charge < -0.3 is 25.7 Å². The molecule has 140 valence electrons. The summed E-state index contributed by atoms with van der Waals surface area (Å²) in [6.07, 6.45) is 5.11. The van der Waals surface area contributed by atoms with Crippen LogP contribution in [0, 0.1) is 0 Å². The van der Waals surface area contributed by atoms with Crippen molar-refractivity contribution in [2.45, 2.75) is 44.6 Å². The minimum Gasteiger partial charge on any atom is -0.458 e. The second kappa shape index (κ2) is 8.81. The number of anilines is 2. The number of nitrogen functional groups attached to an aromatic ring is 2. The summed E-state index contributed by atoms with van der Waals surface area (Å²) in [5, 5.41) is 0. The third-order valence-electron chi connectivity index (χ3n) is 4.83. The van der Waals surface area contributed by atoms with Crippen LogP contribution in [-0.2, 0) is 4.74 Å². The van der Waals surface area contributed by atoms with Crippen molar-refractivity contribution in [3.63, 3.8) is 0 Å². The van der Waals surface area contributed by atoms with Crippen molar-refractivity contribution in [1.29, 1.82) is 0 Å². The molecule has 2 aromatic carbocycles. The Morgan fingerprint density at radius 1 is 0.846 bits per heavy atom. The molecule has 0 heterocycles. The van der Waals surface area contributed by atoms with Gasteiger partial charge in [0.15, 0.2) is 0 Å². The first-order chi connectivity index (χ1) is 12.6. The molecule has 0 spiro atoms. The largest absolute Gasteiger partial charge is 0.458 e. The van der Waals surface area contributed by atoms with Gasteiger partial charge in [0.05, 0.1) is 6.10 Å². The molecule has 0 saturated heterocycles. The summed E-state index contributed by atoms with van der Waals surface area (Å²) in [7, 11) is 0. The van der Waals surface area contributed by atoms with Gasteiger partial charge in [-0.2, -0.15) is 0 Å². The van der Waals surface area contributed by atoms with Gasteiger partial charge in [-0.15, -0.1) is 0 Å². The number of hydrogen-bond acceptors (Lipinski definition) is 5. The van der Waals surface area contributed by atoms with Gasteiger partial charge in [-0.3, -0.25) is 0 Å². The lowest BCUT2D eigenvalue weighted by atomic mass is 9.83. The summed E-state index contributed by atoms with van der Waals surface area (Å²) in [6.45, 7) is 2.99. The smallest absolute Gasteiger partial charge is 0.230 e. The zero-order chi connectivity index (χ0) is 18.4. The molecule has 0 bridgehead atoms. The molecule has 26 heavy (non-hydrogen) atoms. The highest BCUT2D eigenvalue weighted by atomic mass is 16.7. The Balaban J connectivity index is 1.47. The predicted octanol–water partition coefficient (Wildman–Crippen LogP) is 4.33. The highest BCUT2D eigenvalue weighted by molar-refractivity contribution is 5.56. The third-order valence-corrected chi connectivity index (χ3v) is 4.83. The van der Waals surface area contributed by atoms with Crippen LogP contribution in [0.25, 0.3) is 0 Å². The van der Waals surface area contributed by atoms with Crippen LogP contribution in [0.4, 0.5) is 11.4 Å². The minimum atomic E-state index is 0.113. The fraction of sp³-hybridized carbons (Fsp3) is 0.429. The second-order valence-corrected chi connectivity index (χ2v) is 6.74.